The number of carbonyl (C=O) groups is 1. The van der Waals surface area contributed by atoms with Gasteiger partial charge in [-0.3, -0.25) is 4.79 Å². The van der Waals surface area contributed by atoms with Gasteiger partial charge in [0.15, 0.2) is 10.9 Å². The van der Waals surface area contributed by atoms with Crippen LogP contribution >= 0.6 is 23.1 Å². The number of aromatic nitrogens is 4. The van der Waals surface area contributed by atoms with Crippen molar-refractivity contribution in [2.45, 2.75) is 18.1 Å². The van der Waals surface area contributed by atoms with E-state index in [1.807, 2.05) is 10.6 Å². The molecule has 0 aliphatic carbocycles. The molecule has 0 atom stereocenters. The van der Waals surface area contributed by atoms with Gasteiger partial charge in [-0.2, -0.15) is 0 Å². The van der Waals surface area contributed by atoms with Crippen LogP contribution in [0.3, 0.4) is 0 Å². The van der Waals surface area contributed by atoms with Crippen molar-refractivity contribution in [1.29, 1.82) is 0 Å². The molecular formula is C14H14N4OS2. The molecule has 3 aromatic heterocycles. The van der Waals surface area contributed by atoms with Crippen LogP contribution in [-0.2, 0) is 13.0 Å². The number of aryl methyl sites for hydroxylation is 2. The molecule has 3 heterocycles. The van der Waals surface area contributed by atoms with Crippen molar-refractivity contribution in [2.24, 2.45) is 0 Å². The Labute approximate surface area is 130 Å². The van der Waals surface area contributed by atoms with Crippen LogP contribution in [0.2, 0.25) is 0 Å². The first-order chi connectivity index (χ1) is 10.3. The zero-order valence-corrected chi connectivity index (χ0v) is 12.9. The summed E-state index contributed by atoms with van der Waals surface area (Å²) in [5.74, 6) is 0.427. The molecule has 0 amide bonds. The maximum absolute atomic E-state index is 11.9. The fraction of sp³-hybridized carbons (Fsp3) is 0.214. The first kappa shape index (κ1) is 14.1. The largest absolute Gasteiger partial charge is 0.359 e. The van der Waals surface area contributed by atoms with Crippen molar-refractivity contribution in [3.05, 3.63) is 52.7 Å². The summed E-state index contributed by atoms with van der Waals surface area (Å²) in [6, 6.07) is 7.78. The summed E-state index contributed by atoms with van der Waals surface area (Å²) < 4.78 is 1.99. The summed E-state index contributed by atoms with van der Waals surface area (Å²) in [5, 5.41) is 10.9. The van der Waals surface area contributed by atoms with Gasteiger partial charge in [0, 0.05) is 17.6 Å². The summed E-state index contributed by atoms with van der Waals surface area (Å²) in [7, 11) is 0. The van der Waals surface area contributed by atoms with Gasteiger partial charge in [-0.25, -0.2) is 0 Å². The Morgan fingerprint density at radius 3 is 3.10 bits per heavy atom. The molecule has 0 radical (unpaired) electrons. The van der Waals surface area contributed by atoms with Crippen LogP contribution in [0.15, 0.2) is 47.3 Å². The van der Waals surface area contributed by atoms with Crippen molar-refractivity contribution < 1.29 is 4.79 Å². The Hall–Kier alpha value is -1.86. The Balaban J connectivity index is 1.56. The predicted octanol–water partition coefficient (Wildman–Crippen LogP) is 2.89. The summed E-state index contributed by atoms with van der Waals surface area (Å²) in [4.78, 5) is 16.2. The number of thioether (sulfide) groups is 1. The van der Waals surface area contributed by atoms with E-state index in [-0.39, 0.29) is 5.78 Å². The number of hydrogen-bond acceptors (Lipinski definition) is 5. The van der Waals surface area contributed by atoms with E-state index in [0.717, 1.165) is 18.1 Å². The third-order valence-corrected chi connectivity index (χ3v) is 4.91. The lowest BCUT2D eigenvalue weighted by Gasteiger charge is -2.04. The number of nitrogens with one attached hydrogen (secondary N) is 1. The molecule has 0 aromatic carbocycles. The molecule has 108 valence electrons. The second-order valence-electron chi connectivity index (χ2n) is 4.43. The zero-order valence-electron chi connectivity index (χ0n) is 11.2. The van der Waals surface area contributed by atoms with Gasteiger partial charge >= 0.3 is 0 Å². The molecule has 0 aliphatic heterocycles. The molecule has 7 heteroatoms. The summed E-state index contributed by atoms with van der Waals surface area (Å²) in [6.45, 7) is 0.826. The molecule has 3 aromatic rings. The molecule has 0 aliphatic rings. The van der Waals surface area contributed by atoms with Crippen molar-refractivity contribution in [1.82, 2.24) is 19.7 Å². The minimum Gasteiger partial charge on any atom is -0.359 e. The van der Waals surface area contributed by atoms with E-state index in [9.17, 15) is 4.79 Å². The van der Waals surface area contributed by atoms with Crippen LogP contribution in [0.5, 0.6) is 0 Å². The number of Topliss-reactive ketones (excluding diaryl/α,β-unsaturated/α-hetero) is 1. The van der Waals surface area contributed by atoms with Crippen LogP contribution in [0.4, 0.5) is 0 Å². The highest BCUT2D eigenvalue weighted by Gasteiger charge is 2.11. The summed E-state index contributed by atoms with van der Waals surface area (Å²) >= 11 is 3.17. The van der Waals surface area contributed by atoms with Gasteiger partial charge in [-0.1, -0.05) is 17.8 Å². The van der Waals surface area contributed by atoms with Crippen molar-refractivity contribution in [3.8, 4) is 0 Å². The highest BCUT2D eigenvalue weighted by Crippen LogP contribution is 2.18. The maximum Gasteiger partial charge on any atom is 0.191 e. The number of hydrogen-bond donors (Lipinski definition) is 1. The van der Waals surface area contributed by atoms with E-state index < -0.39 is 0 Å². The first-order valence-electron chi connectivity index (χ1n) is 6.52. The Morgan fingerprint density at radius 2 is 2.33 bits per heavy atom. The second-order valence-corrected chi connectivity index (χ2v) is 6.41. The van der Waals surface area contributed by atoms with E-state index in [1.54, 1.807) is 29.9 Å². The van der Waals surface area contributed by atoms with Gasteiger partial charge in [-0.15, -0.1) is 21.5 Å². The molecule has 1 N–H and O–H groups in total. The van der Waals surface area contributed by atoms with E-state index in [2.05, 4.69) is 32.7 Å². The third-order valence-electron chi connectivity index (χ3n) is 2.99. The van der Waals surface area contributed by atoms with Gasteiger partial charge in [-0.05, 0) is 30.0 Å². The molecule has 0 saturated heterocycles. The van der Waals surface area contributed by atoms with Crippen LogP contribution in [0.25, 0.3) is 0 Å². The molecule has 0 bridgehead atoms. The average Bonchev–Trinajstić information content (AvgIpc) is 3.24. The van der Waals surface area contributed by atoms with Gasteiger partial charge < -0.3 is 9.55 Å². The van der Waals surface area contributed by atoms with Crippen molar-refractivity contribution in [3.63, 3.8) is 0 Å². The van der Waals surface area contributed by atoms with E-state index >= 15 is 0 Å². The molecule has 0 spiro atoms. The Kier molecular flexibility index (Phi) is 4.52. The number of ketones is 1. The van der Waals surface area contributed by atoms with E-state index in [4.69, 9.17) is 0 Å². The number of nitrogens with zero attached hydrogens (tertiary/aromatic N) is 3. The number of rotatable bonds is 7. The molecule has 5 nitrogen and oxygen atoms in total. The zero-order chi connectivity index (χ0) is 14.5. The minimum atomic E-state index is 0.0674. The number of aromatic amines is 1. The smallest absolute Gasteiger partial charge is 0.191 e. The van der Waals surface area contributed by atoms with Crippen LogP contribution in [0, 0.1) is 0 Å². The van der Waals surface area contributed by atoms with Gasteiger partial charge in [0.2, 0.25) is 0 Å². The SMILES string of the molecule is O=C(CSc1nncn1CCc1cccs1)c1ccc[nH]1. The molecule has 0 unspecified atom stereocenters. The molecule has 21 heavy (non-hydrogen) atoms. The molecular weight excluding hydrogens is 304 g/mol. The lowest BCUT2D eigenvalue weighted by atomic mass is 10.3. The number of H-pyrrole nitrogens is 1. The number of thiophene rings is 1. The lowest BCUT2D eigenvalue weighted by Crippen LogP contribution is -2.06. The quantitative estimate of drug-likeness (QED) is 0.537. The number of carbonyl (C=O) groups excluding carboxylic acids is 1. The molecule has 3 rings (SSSR count). The fourth-order valence-corrected chi connectivity index (χ4v) is 3.43. The average molecular weight is 318 g/mol. The van der Waals surface area contributed by atoms with Gasteiger partial charge in [0.1, 0.15) is 6.33 Å². The second kappa shape index (κ2) is 6.73. The minimum absolute atomic E-state index is 0.0674. The predicted molar refractivity (Wildman–Crippen MR) is 83.9 cm³/mol. The normalized spacial score (nSPS) is 10.9. The van der Waals surface area contributed by atoms with Gasteiger partial charge in [0.05, 0.1) is 11.4 Å². The molecule has 0 saturated carbocycles. The van der Waals surface area contributed by atoms with Crippen molar-refractivity contribution >= 4 is 28.9 Å². The van der Waals surface area contributed by atoms with Gasteiger partial charge in [0.25, 0.3) is 0 Å². The first-order valence-corrected chi connectivity index (χ1v) is 8.39. The lowest BCUT2D eigenvalue weighted by molar-refractivity contribution is 0.101. The molecule has 0 fully saturated rings. The van der Waals surface area contributed by atoms with E-state index in [0.29, 0.717) is 11.4 Å². The Bertz CT molecular complexity index is 688. The van der Waals surface area contributed by atoms with Crippen LogP contribution in [-0.4, -0.2) is 31.3 Å². The third kappa shape index (κ3) is 3.62. The summed E-state index contributed by atoms with van der Waals surface area (Å²) in [6.07, 6.45) is 4.42. The highest BCUT2D eigenvalue weighted by atomic mass is 32.2. The van der Waals surface area contributed by atoms with Crippen LogP contribution < -0.4 is 0 Å². The monoisotopic (exact) mass is 318 g/mol. The van der Waals surface area contributed by atoms with Crippen LogP contribution in [0.1, 0.15) is 15.4 Å². The summed E-state index contributed by atoms with van der Waals surface area (Å²) in [5.41, 5.74) is 0.632. The topological polar surface area (TPSA) is 63.6 Å². The fourth-order valence-electron chi connectivity index (χ4n) is 1.91. The van der Waals surface area contributed by atoms with Crippen molar-refractivity contribution in [2.75, 3.05) is 5.75 Å². The Morgan fingerprint density at radius 1 is 1.38 bits per heavy atom. The van der Waals surface area contributed by atoms with E-state index in [1.165, 1.54) is 16.6 Å². The maximum atomic E-state index is 11.9. The highest BCUT2D eigenvalue weighted by molar-refractivity contribution is 7.99. The standard InChI is InChI=1S/C14H14N4OS2/c19-13(12-4-1-6-15-12)9-21-14-17-16-10-18(14)7-5-11-3-2-8-20-11/h1-4,6,8,10,15H,5,7,9H2.